The SMILES string of the molecule is CC(=O)N1CCc2c(c(N3CCCc4cc(-c5ccc(C)cc5)ncc43)nn2C2CCOCC2)C1. The molecule has 1 fully saturated rings. The van der Waals surface area contributed by atoms with E-state index in [0.29, 0.717) is 12.6 Å². The van der Waals surface area contributed by atoms with Gasteiger partial charge in [-0.05, 0) is 44.2 Å². The number of fused-ring (bicyclic) bond motifs is 2. The molecule has 0 bridgehead atoms. The predicted octanol–water partition coefficient (Wildman–Crippen LogP) is 4.59. The Bertz CT molecular complexity index is 1240. The summed E-state index contributed by atoms with van der Waals surface area (Å²) in [7, 11) is 0. The quantitative estimate of drug-likeness (QED) is 0.559. The number of hydrogen-bond donors (Lipinski definition) is 0. The maximum Gasteiger partial charge on any atom is 0.219 e. The first-order valence-electron chi connectivity index (χ1n) is 12.9. The molecule has 1 saturated heterocycles. The van der Waals surface area contributed by atoms with Crippen LogP contribution >= 0.6 is 0 Å². The highest BCUT2D eigenvalue weighted by molar-refractivity contribution is 5.75. The molecular formula is C28H33N5O2. The highest BCUT2D eigenvalue weighted by Gasteiger charge is 2.33. The molecule has 0 saturated carbocycles. The number of aromatic nitrogens is 3. The molecule has 5 heterocycles. The highest BCUT2D eigenvalue weighted by atomic mass is 16.5. The van der Waals surface area contributed by atoms with Crippen LogP contribution in [0.4, 0.5) is 11.5 Å². The molecule has 3 aliphatic heterocycles. The zero-order valence-electron chi connectivity index (χ0n) is 20.7. The average Bonchev–Trinajstić information content (AvgIpc) is 3.27. The van der Waals surface area contributed by atoms with Crippen molar-refractivity contribution in [2.75, 3.05) is 31.2 Å². The maximum absolute atomic E-state index is 12.3. The van der Waals surface area contributed by atoms with Gasteiger partial charge in [0.05, 0.1) is 30.2 Å². The molecule has 0 unspecified atom stereocenters. The van der Waals surface area contributed by atoms with E-state index < -0.39 is 0 Å². The number of amides is 1. The van der Waals surface area contributed by atoms with E-state index in [1.807, 2.05) is 11.1 Å². The van der Waals surface area contributed by atoms with Crippen molar-refractivity contribution in [1.82, 2.24) is 19.7 Å². The monoisotopic (exact) mass is 471 g/mol. The van der Waals surface area contributed by atoms with E-state index in [4.69, 9.17) is 14.8 Å². The van der Waals surface area contributed by atoms with E-state index in [0.717, 1.165) is 81.2 Å². The summed E-state index contributed by atoms with van der Waals surface area (Å²) in [6.07, 6.45) is 6.96. The molecule has 0 aliphatic carbocycles. The van der Waals surface area contributed by atoms with E-state index in [9.17, 15) is 4.79 Å². The van der Waals surface area contributed by atoms with Gasteiger partial charge in [0.2, 0.25) is 5.91 Å². The Kier molecular flexibility index (Phi) is 5.80. The second-order valence-corrected chi connectivity index (χ2v) is 10.0. The van der Waals surface area contributed by atoms with Crippen LogP contribution in [-0.4, -0.2) is 51.9 Å². The Hall–Kier alpha value is -3.19. The standard InChI is InChI=1S/C28H33N5O2/c1-19-5-7-21(8-6-19)25-16-22-4-3-12-32(27(22)17-29-25)28-24-18-31(20(2)34)13-9-26(24)33(30-28)23-10-14-35-15-11-23/h5-8,16-17,23H,3-4,9-15,18H2,1-2H3. The van der Waals surface area contributed by atoms with Crippen molar-refractivity contribution >= 4 is 17.4 Å². The lowest BCUT2D eigenvalue weighted by molar-refractivity contribution is -0.129. The minimum absolute atomic E-state index is 0.129. The molecule has 0 N–H and O–H groups in total. The van der Waals surface area contributed by atoms with Gasteiger partial charge in [-0.3, -0.25) is 14.5 Å². The van der Waals surface area contributed by atoms with Gasteiger partial charge in [-0.1, -0.05) is 29.8 Å². The summed E-state index contributed by atoms with van der Waals surface area (Å²) in [5.41, 5.74) is 8.37. The minimum Gasteiger partial charge on any atom is -0.381 e. The van der Waals surface area contributed by atoms with Crippen molar-refractivity contribution in [3.63, 3.8) is 0 Å². The van der Waals surface area contributed by atoms with Gasteiger partial charge in [-0.2, -0.15) is 5.10 Å². The van der Waals surface area contributed by atoms with Crippen LogP contribution in [0.5, 0.6) is 0 Å². The molecule has 7 nitrogen and oxygen atoms in total. The zero-order chi connectivity index (χ0) is 23.9. The van der Waals surface area contributed by atoms with Gasteiger partial charge in [-0.15, -0.1) is 0 Å². The first kappa shape index (κ1) is 22.3. The number of benzene rings is 1. The molecule has 0 radical (unpaired) electrons. The molecule has 0 atom stereocenters. The Morgan fingerprint density at radius 2 is 1.89 bits per heavy atom. The molecule has 35 heavy (non-hydrogen) atoms. The van der Waals surface area contributed by atoms with Gasteiger partial charge < -0.3 is 14.5 Å². The van der Waals surface area contributed by atoms with Gasteiger partial charge in [0.15, 0.2) is 5.82 Å². The number of rotatable bonds is 3. The normalized spacial score (nSPS) is 18.3. The average molecular weight is 472 g/mol. The van der Waals surface area contributed by atoms with Crippen LogP contribution < -0.4 is 4.90 Å². The van der Waals surface area contributed by atoms with Gasteiger partial charge in [0, 0.05) is 56.5 Å². The fourth-order valence-corrected chi connectivity index (χ4v) is 5.73. The number of ether oxygens (including phenoxy) is 1. The summed E-state index contributed by atoms with van der Waals surface area (Å²) in [5.74, 6) is 1.13. The number of carbonyl (C=O) groups is 1. The van der Waals surface area contributed by atoms with Crippen molar-refractivity contribution in [2.24, 2.45) is 0 Å². The van der Waals surface area contributed by atoms with E-state index in [2.05, 4.69) is 46.8 Å². The Morgan fingerprint density at radius 3 is 2.66 bits per heavy atom. The van der Waals surface area contributed by atoms with Crippen molar-refractivity contribution < 1.29 is 9.53 Å². The second kappa shape index (κ2) is 9.11. The van der Waals surface area contributed by atoms with Gasteiger partial charge >= 0.3 is 0 Å². The predicted molar refractivity (Wildman–Crippen MR) is 136 cm³/mol. The Morgan fingerprint density at radius 1 is 1.09 bits per heavy atom. The summed E-state index contributed by atoms with van der Waals surface area (Å²) in [6, 6.07) is 11.2. The van der Waals surface area contributed by atoms with Crippen LogP contribution in [0.2, 0.25) is 0 Å². The summed E-state index contributed by atoms with van der Waals surface area (Å²) in [6.45, 7) is 7.64. The van der Waals surface area contributed by atoms with E-state index in [-0.39, 0.29) is 5.91 Å². The molecule has 6 rings (SSSR count). The Balaban J connectivity index is 1.40. The first-order valence-corrected chi connectivity index (χ1v) is 12.9. The molecule has 1 amide bonds. The number of pyridine rings is 1. The third-order valence-electron chi connectivity index (χ3n) is 7.73. The lowest BCUT2D eigenvalue weighted by Crippen LogP contribution is -2.36. The molecule has 182 valence electrons. The maximum atomic E-state index is 12.3. The molecule has 7 heteroatoms. The fourth-order valence-electron chi connectivity index (χ4n) is 5.73. The number of anilines is 2. The van der Waals surface area contributed by atoms with Gasteiger partial charge in [0.1, 0.15) is 0 Å². The van der Waals surface area contributed by atoms with E-state index in [1.165, 1.54) is 22.4 Å². The fraction of sp³-hybridized carbons (Fsp3) is 0.464. The van der Waals surface area contributed by atoms with E-state index >= 15 is 0 Å². The topological polar surface area (TPSA) is 63.5 Å². The van der Waals surface area contributed by atoms with Crippen LogP contribution in [0, 0.1) is 6.92 Å². The number of nitrogens with zero attached hydrogens (tertiary/aromatic N) is 5. The number of carbonyl (C=O) groups excluding carboxylic acids is 1. The summed E-state index contributed by atoms with van der Waals surface area (Å²) in [4.78, 5) is 21.4. The summed E-state index contributed by atoms with van der Waals surface area (Å²) in [5, 5.41) is 5.24. The van der Waals surface area contributed by atoms with E-state index in [1.54, 1.807) is 6.92 Å². The third kappa shape index (κ3) is 4.12. The largest absolute Gasteiger partial charge is 0.381 e. The number of aryl methyl sites for hydroxylation is 2. The van der Waals surface area contributed by atoms with Gasteiger partial charge in [0.25, 0.3) is 0 Å². The molecule has 2 aromatic heterocycles. The highest BCUT2D eigenvalue weighted by Crippen LogP contribution is 2.40. The summed E-state index contributed by atoms with van der Waals surface area (Å²) < 4.78 is 7.90. The van der Waals surface area contributed by atoms with Crippen LogP contribution in [0.3, 0.4) is 0 Å². The lowest BCUT2D eigenvalue weighted by Gasteiger charge is -2.32. The molecule has 3 aliphatic rings. The lowest BCUT2D eigenvalue weighted by atomic mass is 9.99. The minimum atomic E-state index is 0.129. The second-order valence-electron chi connectivity index (χ2n) is 10.0. The van der Waals surface area contributed by atoms with Crippen LogP contribution in [0.15, 0.2) is 36.5 Å². The smallest absolute Gasteiger partial charge is 0.219 e. The van der Waals surface area contributed by atoms with Crippen LogP contribution in [0.1, 0.15) is 54.6 Å². The number of hydrogen-bond acceptors (Lipinski definition) is 5. The van der Waals surface area contributed by atoms with Crippen molar-refractivity contribution in [3.8, 4) is 11.3 Å². The molecule has 3 aromatic rings. The molecule has 0 spiro atoms. The first-order chi connectivity index (χ1) is 17.1. The summed E-state index contributed by atoms with van der Waals surface area (Å²) >= 11 is 0. The van der Waals surface area contributed by atoms with Gasteiger partial charge in [-0.25, -0.2) is 0 Å². The molecular weight excluding hydrogens is 438 g/mol. The molecule has 1 aromatic carbocycles. The van der Waals surface area contributed by atoms with Crippen molar-refractivity contribution in [2.45, 2.75) is 58.5 Å². The zero-order valence-corrected chi connectivity index (χ0v) is 20.7. The van der Waals surface area contributed by atoms with Crippen LogP contribution in [0.25, 0.3) is 11.3 Å². The third-order valence-corrected chi connectivity index (χ3v) is 7.73. The van der Waals surface area contributed by atoms with Crippen LogP contribution in [-0.2, 0) is 28.9 Å². The van der Waals surface area contributed by atoms with Crippen molar-refractivity contribution in [1.29, 1.82) is 0 Å². The Labute approximate surface area is 206 Å². The van der Waals surface area contributed by atoms with Crippen molar-refractivity contribution in [3.05, 3.63) is 58.9 Å².